The number of benzene rings is 2. The number of carbonyl (C=O) groups is 1. The standard InChI is InChI=1S/C14H13NO5S/c1-19-12-6-2-10(3-7-12)14(16)20-13-8-4-11(5-9-13)15-21(17)18/h2-9,15H,1H3,(H,17,18). The highest BCUT2D eigenvalue weighted by Gasteiger charge is 2.08. The first kappa shape index (κ1) is 15.0. The molecule has 0 spiro atoms. The molecule has 0 fully saturated rings. The Labute approximate surface area is 124 Å². The lowest BCUT2D eigenvalue weighted by molar-refractivity contribution is 0.0734. The maximum Gasteiger partial charge on any atom is 0.343 e. The summed E-state index contributed by atoms with van der Waals surface area (Å²) in [5, 5.41) is 0. The van der Waals surface area contributed by atoms with Crippen LogP contribution in [-0.2, 0) is 11.3 Å². The minimum atomic E-state index is -2.14. The van der Waals surface area contributed by atoms with Crippen molar-refractivity contribution in [3.63, 3.8) is 0 Å². The van der Waals surface area contributed by atoms with E-state index in [9.17, 15) is 9.00 Å². The molecule has 0 saturated heterocycles. The summed E-state index contributed by atoms with van der Waals surface area (Å²) in [4.78, 5) is 11.9. The van der Waals surface area contributed by atoms with Crippen molar-refractivity contribution >= 4 is 22.9 Å². The minimum Gasteiger partial charge on any atom is -0.497 e. The van der Waals surface area contributed by atoms with Gasteiger partial charge >= 0.3 is 5.97 Å². The van der Waals surface area contributed by atoms with E-state index in [1.165, 1.54) is 24.3 Å². The number of rotatable bonds is 5. The second kappa shape index (κ2) is 6.87. The van der Waals surface area contributed by atoms with E-state index in [0.717, 1.165) is 0 Å². The van der Waals surface area contributed by atoms with Crippen molar-refractivity contribution in [2.75, 3.05) is 11.8 Å². The Balaban J connectivity index is 2.03. The van der Waals surface area contributed by atoms with E-state index in [4.69, 9.17) is 14.0 Å². The maximum atomic E-state index is 11.9. The van der Waals surface area contributed by atoms with Crippen LogP contribution < -0.4 is 14.2 Å². The third-order valence-electron chi connectivity index (χ3n) is 2.60. The van der Waals surface area contributed by atoms with Gasteiger partial charge < -0.3 is 9.47 Å². The Kier molecular flexibility index (Phi) is 4.91. The smallest absolute Gasteiger partial charge is 0.343 e. The van der Waals surface area contributed by atoms with Crippen molar-refractivity contribution in [1.29, 1.82) is 0 Å². The van der Waals surface area contributed by atoms with E-state index >= 15 is 0 Å². The maximum absolute atomic E-state index is 11.9. The molecule has 2 aromatic rings. The van der Waals surface area contributed by atoms with Gasteiger partial charge in [0.2, 0.25) is 0 Å². The normalized spacial score (nSPS) is 11.5. The molecule has 0 aliphatic carbocycles. The van der Waals surface area contributed by atoms with Crippen molar-refractivity contribution in [3.8, 4) is 11.5 Å². The molecule has 6 nitrogen and oxygen atoms in total. The second-order valence-electron chi connectivity index (χ2n) is 3.99. The highest BCUT2D eigenvalue weighted by molar-refractivity contribution is 7.80. The minimum absolute atomic E-state index is 0.338. The fraction of sp³-hybridized carbons (Fsp3) is 0.0714. The van der Waals surface area contributed by atoms with Crippen LogP contribution in [-0.4, -0.2) is 21.8 Å². The summed E-state index contributed by atoms with van der Waals surface area (Å²) in [6, 6.07) is 12.7. The van der Waals surface area contributed by atoms with Crippen molar-refractivity contribution in [2.45, 2.75) is 0 Å². The predicted molar refractivity (Wildman–Crippen MR) is 78.8 cm³/mol. The molecule has 0 bridgehead atoms. The topological polar surface area (TPSA) is 84.9 Å². The summed E-state index contributed by atoms with van der Waals surface area (Å²) in [6.07, 6.45) is 0. The predicted octanol–water partition coefficient (Wildman–Crippen LogP) is 2.46. The van der Waals surface area contributed by atoms with Gasteiger partial charge in [-0.2, -0.15) is 0 Å². The van der Waals surface area contributed by atoms with Gasteiger partial charge in [-0.25, -0.2) is 9.00 Å². The van der Waals surface area contributed by atoms with E-state index in [0.29, 0.717) is 22.7 Å². The number of nitrogens with one attached hydrogen (secondary N) is 1. The number of anilines is 1. The lowest BCUT2D eigenvalue weighted by Crippen LogP contribution is -2.08. The molecule has 21 heavy (non-hydrogen) atoms. The average Bonchev–Trinajstić information content (AvgIpc) is 2.49. The number of hydrogen-bond acceptors (Lipinski definition) is 4. The Morgan fingerprint density at radius 3 is 2.14 bits per heavy atom. The molecule has 2 aromatic carbocycles. The summed E-state index contributed by atoms with van der Waals surface area (Å²) in [7, 11) is 1.54. The number of methoxy groups -OCH3 is 1. The van der Waals surface area contributed by atoms with Gasteiger partial charge in [-0.1, -0.05) is 0 Å². The molecule has 110 valence electrons. The van der Waals surface area contributed by atoms with Crippen molar-refractivity contribution in [1.82, 2.24) is 0 Å². The van der Waals surface area contributed by atoms with E-state index in [-0.39, 0.29) is 0 Å². The molecule has 0 aromatic heterocycles. The van der Waals surface area contributed by atoms with Crippen molar-refractivity contribution in [3.05, 3.63) is 54.1 Å². The SMILES string of the molecule is COc1ccc(C(=O)Oc2ccc(NS(=O)O)cc2)cc1. The summed E-state index contributed by atoms with van der Waals surface area (Å²) in [5.41, 5.74) is 0.842. The van der Waals surface area contributed by atoms with E-state index in [2.05, 4.69) is 4.72 Å². The van der Waals surface area contributed by atoms with Gasteiger partial charge in [0.15, 0.2) is 0 Å². The largest absolute Gasteiger partial charge is 0.497 e. The van der Waals surface area contributed by atoms with Gasteiger partial charge in [0.05, 0.1) is 12.7 Å². The zero-order chi connectivity index (χ0) is 15.2. The molecule has 1 atom stereocenters. The third kappa shape index (κ3) is 4.30. The van der Waals surface area contributed by atoms with Gasteiger partial charge in [0.1, 0.15) is 11.5 Å². The highest BCUT2D eigenvalue weighted by atomic mass is 32.2. The Bertz CT molecular complexity index is 639. The molecule has 0 heterocycles. The third-order valence-corrected chi connectivity index (χ3v) is 3.01. The summed E-state index contributed by atoms with van der Waals surface area (Å²) < 4.78 is 31.7. The molecule has 0 aliphatic rings. The zero-order valence-corrected chi connectivity index (χ0v) is 11.9. The number of hydrogen-bond donors (Lipinski definition) is 2. The van der Waals surface area contributed by atoms with Crippen LogP contribution >= 0.6 is 0 Å². The van der Waals surface area contributed by atoms with Crippen molar-refractivity contribution in [2.24, 2.45) is 0 Å². The van der Waals surface area contributed by atoms with Crippen LogP contribution in [0.1, 0.15) is 10.4 Å². The molecule has 2 N–H and O–H groups in total. The first-order valence-corrected chi connectivity index (χ1v) is 7.03. The quantitative estimate of drug-likeness (QED) is 0.503. The number of esters is 1. The van der Waals surface area contributed by atoms with Crippen molar-refractivity contribution < 1.29 is 23.0 Å². The van der Waals surface area contributed by atoms with Crippen LogP contribution in [0.4, 0.5) is 5.69 Å². The number of carbonyl (C=O) groups excluding carboxylic acids is 1. The van der Waals surface area contributed by atoms with Crippen LogP contribution in [0.5, 0.6) is 11.5 Å². The monoisotopic (exact) mass is 307 g/mol. The highest BCUT2D eigenvalue weighted by Crippen LogP contribution is 2.18. The molecule has 0 radical (unpaired) electrons. The molecule has 0 aliphatic heterocycles. The first-order valence-electron chi connectivity index (χ1n) is 5.92. The summed E-state index contributed by atoms with van der Waals surface area (Å²) in [5.74, 6) is 0.494. The number of ether oxygens (including phenoxy) is 2. The van der Waals surface area contributed by atoms with Crippen LogP contribution in [0, 0.1) is 0 Å². The molecule has 0 amide bonds. The molecule has 7 heteroatoms. The van der Waals surface area contributed by atoms with Gasteiger partial charge in [-0.05, 0) is 48.5 Å². The molecule has 1 unspecified atom stereocenters. The van der Waals surface area contributed by atoms with Crippen LogP contribution in [0.25, 0.3) is 0 Å². The summed E-state index contributed by atoms with van der Waals surface area (Å²) in [6.45, 7) is 0. The molecular formula is C14H13NO5S. The van der Waals surface area contributed by atoms with Gasteiger partial charge in [-0.3, -0.25) is 9.27 Å². The van der Waals surface area contributed by atoms with E-state index in [1.807, 2.05) is 0 Å². The van der Waals surface area contributed by atoms with Gasteiger partial charge in [-0.15, -0.1) is 0 Å². The molecule has 2 rings (SSSR count). The van der Waals surface area contributed by atoms with Crippen LogP contribution in [0.15, 0.2) is 48.5 Å². The fourth-order valence-electron chi connectivity index (χ4n) is 1.58. The van der Waals surface area contributed by atoms with E-state index in [1.54, 1.807) is 31.4 Å². The van der Waals surface area contributed by atoms with Crippen LogP contribution in [0.3, 0.4) is 0 Å². The second-order valence-corrected chi connectivity index (χ2v) is 4.70. The Morgan fingerprint density at radius 2 is 1.62 bits per heavy atom. The van der Waals surface area contributed by atoms with Gasteiger partial charge in [0, 0.05) is 5.69 Å². The lowest BCUT2D eigenvalue weighted by atomic mass is 10.2. The Morgan fingerprint density at radius 1 is 1.05 bits per heavy atom. The lowest BCUT2D eigenvalue weighted by Gasteiger charge is -2.06. The van der Waals surface area contributed by atoms with E-state index < -0.39 is 17.2 Å². The zero-order valence-electron chi connectivity index (χ0n) is 11.1. The molecular weight excluding hydrogens is 294 g/mol. The van der Waals surface area contributed by atoms with Gasteiger partial charge in [0.25, 0.3) is 11.3 Å². The average molecular weight is 307 g/mol. The summed E-state index contributed by atoms with van der Waals surface area (Å²) >= 11 is -2.14. The van der Waals surface area contributed by atoms with Crippen LogP contribution in [0.2, 0.25) is 0 Å². The first-order chi connectivity index (χ1) is 10.1. The molecule has 0 saturated carbocycles. The fourth-order valence-corrected chi connectivity index (χ4v) is 1.92. The Hall–Kier alpha value is -2.38.